The molecule has 0 saturated heterocycles. The van der Waals surface area contributed by atoms with Gasteiger partial charge in [-0.15, -0.1) is 0 Å². The van der Waals surface area contributed by atoms with Crippen molar-refractivity contribution in [2.24, 2.45) is 0 Å². The summed E-state index contributed by atoms with van der Waals surface area (Å²) in [4.78, 5) is 10.8. The summed E-state index contributed by atoms with van der Waals surface area (Å²) in [6.07, 6.45) is 0. The summed E-state index contributed by atoms with van der Waals surface area (Å²) in [6, 6.07) is 87.5. The van der Waals surface area contributed by atoms with Gasteiger partial charge in [0, 0.05) is 44.0 Å². The minimum atomic E-state index is 0.844. The van der Waals surface area contributed by atoms with Crippen molar-refractivity contribution in [3.05, 3.63) is 243 Å². The molecule has 3 aromatic heterocycles. The zero-order valence-corrected chi connectivity index (χ0v) is 36.9. The van der Waals surface area contributed by atoms with Crippen LogP contribution in [0.1, 0.15) is 0 Å². The Balaban J connectivity index is 0.954. The lowest BCUT2D eigenvalue weighted by Crippen LogP contribution is -1.98. The van der Waals surface area contributed by atoms with E-state index in [4.69, 9.17) is 9.97 Å². The lowest BCUT2D eigenvalue weighted by Gasteiger charge is -2.15. The van der Waals surface area contributed by atoms with Gasteiger partial charge in [0.1, 0.15) is 0 Å². The van der Waals surface area contributed by atoms with Crippen molar-refractivity contribution in [2.45, 2.75) is 0 Å². The van der Waals surface area contributed by atoms with Crippen LogP contribution in [0.5, 0.6) is 0 Å². The molecule has 0 N–H and O–H groups in total. The Morgan fingerprint density at radius 1 is 0.250 bits per heavy atom. The Morgan fingerprint density at radius 3 is 1.46 bits per heavy atom. The van der Waals surface area contributed by atoms with Gasteiger partial charge >= 0.3 is 0 Å². The summed E-state index contributed by atoms with van der Waals surface area (Å²) in [6.45, 7) is 0. The number of hydrogen-bond donors (Lipinski definition) is 0. The molecule has 0 unspecified atom stereocenters. The van der Waals surface area contributed by atoms with E-state index in [9.17, 15) is 0 Å². The van der Waals surface area contributed by atoms with Gasteiger partial charge in [-0.1, -0.05) is 158 Å². The molecule has 316 valence electrons. The summed E-state index contributed by atoms with van der Waals surface area (Å²) in [7, 11) is 0. The maximum atomic E-state index is 5.39. The zero-order valence-electron chi connectivity index (χ0n) is 36.9. The molecule has 3 heterocycles. The predicted octanol–water partition coefficient (Wildman–Crippen LogP) is 16.8. The molecule has 0 spiro atoms. The SMILES string of the molecule is c1ccc(-c2cc(-c3ccccc3)cc(-c3nc4ccccc4nc3-c3ccc(-n4c5ccc(-n6c7ccccc7c7c8ccccc8ccc76)cc5c5cc6ccccc6cc54)cc3)c2)cc1. The van der Waals surface area contributed by atoms with Crippen LogP contribution in [0.2, 0.25) is 0 Å². The first-order valence-electron chi connectivity index (χ1n) is 23.2. The molecule has 14 rings (SSSR count). The van der Waals surface area contributed by atoms with Gasteiger partial charge in [0.2, 0.25) is 0 Å². The minimum Gasteiger partial charge on any atom is -0.309 e. The fraction of sp³-hybridized carbons (Fsp3) is 0. The van der Waals surface area contributed by atoms with Gasteiger partial charge in [-0.2, -0.15) is 0 Å². The van der Waals surface area contributed by atoms with Gasteiger partial charge in [0.05, 0.1) is 44.5 Å². The molecule has 0 fully saturated rings. The van der Waals surface area contributed by atoms with Crippen LogP contribution in [0.3, 0.4) is 0 Å². The van der Waals surface area contributed by atoms with Crippen LogP contribution >= 0.6 is 0 Å². The van der Waals surface area contributed by atoms with Gasteiger partial charge in [0.25, 0.3) is 0 Å². The van der Waals surface area contributed by atoms with Crippen molar-refractivity contribution in [1.82, 2.24) is 19.1 Å². The van der Waals surface area contributed by atoms with Crippen molar-refractivity contribution in [3.8, 4) is 56.1 Å². The highest BCUT2D eigenvalue weighted by molar-refractivity contribution is 6.22. The third kappa shape index (κ3) is 6.08. The molecule has 4 heteroatoms. The molecule has 0 atom stereocenters. The largest absolute Gasteiger partial charge is 0.309 e. The molecular weight excluding hydrogens is 825 g/mol. The molecular formula is C64H40N4. The van der Waals surface area contributed by atoms with E-state index in [1.807, 2.05) is 12.1 Å². The van der Waals surface area contributed by atoms with E-state index in [-0.39, 0.29) is 0 Å². The van der Waals surface area contributed by atoms with E-state index in [1.54, 1.807) is 0 Å². The number of nitrogens with zero attached hydrogens (tertiary/aromatic N) is 4. The summed E-state index contributed by atoms with van der Waals surface area (Å²) in [5.74, 6) is 0. The number of rotatable bonds is 6. The summed E-state index contributed by atoms with van der Waals surface area (Å²) >= 11 is 0. The Labute approximate surface area is 392 Å². The summed E-state index contributed by atoms with van der Waals surface area (Å²) in [5.41, 5.74) is 16.9. The molecule has 0 aliphatic carbocycles. The highest BCUT2D eigenvalue weighted by Crippen LogP contribution is 2.42. The van der Waals surface area contributed by atoms with Crippen LogP contribution < -0.4 is 0 Å². The van der Waals surface area contributed by atoms with Crippen LogP contribution in [0, 0.1) is 0 Å². The molecule has 0 bridgehead atoms. The topological polar surface area (TPSA) is 35.6 Å². The van der Waals surface area contributed by atoms with Gasteiger partial charge in [0.15, 0.2) is 0 Å². The molecule has 11 aromatic carbocycles. The second-order valence-electron chi connectivity index (χ2n) is 17.8. The van der Waals surface area contributed by atoms with Gasteiger partial charge in [-0.25, -0.2) is 9.97 Å². The van der Waals surface area contributed by atoms with E-state index < -0.39 is 0 Å². The van der Waals surface area contributed by atoms with Crippen LogP contribution in [0.15, 0.2) is 243 Å². The first-order valence-corrected chi connectivity index (χ1v) is 23.2. The van der Waals surface area contributed by atoms with E-state index in [0.717, 1.165) is 78.2 Å². The molecule has 68 heavy (non-hydrogen) atoms. The number of hydrogen-bond acceptors (Lipinski definition) is 2. The normalized spacial score (nSPS) is 11.8. The van der Waals surface area contributed by atoms with Crippen molar-refractivity contribution in [3.63, 3.8) is 0 Å². The molecule has 0 aliphatic heterocycles. The standard InChI is InChI=1S/C64H40N4/c1-3-15-41(16-4-1)47-35-48(42-17-5-2-6-18-42)37-49(36-47)64-63(65-56-24-12-13-25-57(56)66-64)44-27-30-50(31-28-44)67-59-34-32-51(40-55(59)54-38-45-20-7-8-21-46(45)39-61(54)67)68-58-26-14-11-23-53(58)62-52-22-10-9-19-43(52)29-33-60(62)68/h1-40H. The summed E-state index contributed by atoms with van der Waals surface area (Å²) in [5, 5.41) is 9.90. The fourth-order valence-corrected chi connectivity index (χ4v) is 10.7. The summed E-state index contributed by atoms with van der Waals surface area (Å²) < 4.78 is 4.86. The zero-order chi connectivity index (χ0) is 44.7. The lowest BCUT2D eigenvalue weighted by molar-refractivity contribution is 1.17. The lowest BCUT2D eigenvalue weighted by atomic mass is 9.93. The highest BCUT2D eigenvalue weighted by atomic mass is 15.0. The molecule has 4 nitrogen and oxygen atoms in total. The minimum absolute atomic E-state index is 0.844. The van der Waals surface area contributed by atoms with Gasteiger partial charge in [-0.05, 0) is 129 Å². The Bertz CT molecular complexity index is 4240. The monoisotopic (exact) mass is 864 g/mol. The van der Waals surface area contributed by atoms with Gasteiger partial charge < -0.3 is 9.13 Å². The maximum absolute atomic E-state index is 5.39. The quantitative estimate of drug-likeness (QED) is 0.167. The number of fused-ring (bicyclic) bond motifs is 10. The average molecular weight is 865 g/mol. The number of para-hydroxylation sites is 3. The van der Waals surface area contributed by atoms with E-state index in [2.05, 4.69) is 240 Å². The highest BCUT2D eigenvalue weighted by Gasteiger charge is 2.20. The number of aromatic nitrogens is 4. The van der Waals surface area contributed by atoms with E-state index in [1.165, 1.54) is 54.1 Å². The smallest absolute Gasteiger partial charge is 0.0973 e. The molecule has 0 amide bonds. The van der Waals surface area contributed by atoms with Crippen molar-refractivity contribution in [2.75, 3.05) is 0 Å². The second-order valence-corrected chi connectivity index (χ2v) is 17.8. The van der Waals surface area contributed by atoms with Crippen LogP contribution in [0.25, 0.3) is 132 Å². The van der Waals surface area contributed by atoms with E-state index in [0.29, 0.717) is 0 Å². The molecule has 0 radical (unpaired) electrons. The van der Waals surface area contributed by atoms with Crippen molar-refractivity contribution >= 4 is 76.2 Å². The van der Waals surface area contributed by atoms with Gasteiger partial charge in [-0.3, -0.25) is 0 Å². The Hall–Kier alpha value is -9.12. The Morgan fingerprint density at radius 2 is 0.750 bits per heavy atom. The third-order valence-corrected chi connectivity index (χ3v) is 13.8. The predicted molar refractivity (Wildman–Crippen MR) is 285 cm³/mol. The number of benzene rings is 11. The first kappa shape index (κ1) is 38.2. The van der Waals surface area contributed by atoms with Crippen LogP contribution in [-0.2, 0) is 0 Å². The van der Waals surface area contributed by atoms with Crippen molar-refractivity contribution < 1.29 is 0 Å². The van der Waals surface area contributed by atoms with Crippen molar-refractivity contribution in [1.29, 1.82) is 0 Å². The first-order chi connectivity index (χ1) is 33.7. The second kappa shape index (κ2) is 15.2. The molecule has 14 aromatic rings. The average Bonchev–Trinajstić information content (AvgIpc) is 3.92. The third-order valence-electron chi connectivity index (χ3n) is 13.8. The van der Waals surface area contributed by atoms with E-state index >= 15 is 0 Å². The maximum Gasteiger partial charge on any atom is 0.0973 e. The van der Waals surface area contributed by atoms with Crippen LogP contribution in [0.4, 0.5) is 0 Å². The fourth-order valence-electron chi connectivity index (χ4n) is 10.7. The Kier molecular flexibility index (Phi) is 8.55. The molecule has 0 saturated carbocycles. The van der Waals surface area contributed by atoms with Crippen LogP contribution in [-0.4, -0.2) is 19.1 Å². The molecule has 0 aliphatic rings.